The fourth-order valence-corrected chi connectivity index (χ4v) is 2.26. The molecule has 1 heterocycles. The Hall–Kier alpha value is -1.66. The lowest BCUT2D eigenvalue weighted by atomic mass is 10.1. The first-order valence-corrected chi connectivity index (χ1v) is 6.39. The fraction of sp³-hybridized carbons (Fsp3) is 0.538. The second-order valence-electron chi connectivity index (χ2n) is 4.97. The average molecular weight is 265 g/mol. The van der Waals surface area contributed by atoms with Gasteiger partial charge in [-0.25, -0.2) is 0 Å². The van der Waals surface area contributed by atoms with Crippen LogP contribution in [0.1, 0.15) is 18.6 Å². The molecule has 0 radical (unpaired) electrons. The molecule has 2 rings (SSSR count). The molecule has 0 amide bonds. The van der Waals surface area contributed by atoms with Gasteiger partial charge in [0.05, 0.1) is 11.0 Å². The Morgan fingerprint density at radius 1 is 1.32 bits per heavy atom. The molecule has 1 aromatic carbocycles. The number of benzene rings is 1. The molecule has 1 aromatic rings. The number of aliphatic hydroxyl groups excluding tert-OH is 1. The molecule has 0 saturated carbocycles. The number of nitro groups is 1. The van der Waals surface area contributed by atoms with Crippen LogP contribution in [0, 0.1) is 10.1 Å². The third-order valence-corrected chi connectivity index (χ3v) is 3.52. The molecular formula is C13H19N3O3. The molecule has 1 aliphatic rings. The van der Waals surface area contributed by atoms with Crippen LogP contribution in [-0.4, -0.2) is 48.2 Å². The molecule has 1 fully saturated rings. The quantitative estimate of drug-likeness (QED) is 0.661. The molecule has 1 N–H and O–H groups in total. The van der Waals surface area contributed by atoms with Gasteiger partial charge in [-0.1, -0.05) is 6.07 Å². The van der Waals surface area contributed by atoms with Crippen LogP contribution in [0.25, 0.3) is 0 Å². The Labute approximate surface area is 112 Å². The van der Waals surface area contributed by atoms with Crippen LogP contribution in [0.4, 0.5) is 11.4 Å². The molecule has 19 heavy (non-hydrogen) atoms. The highest BCUT2D eigenvalue weighted by atomic mass is 16.6. The van der Waals surface area contributed by atoms with E-state index in [1.165, 1.54) is 6.07 Å². The minimum Gasteiger partial charge on any atom is -0.389 e. The van der Waals surface area contributed by atoms with E-state index in [0.717, 1.165) is 26.2 Å². The van der Waals surface area contributed by atoms with Crippen LogP contribution in [0.2, 0.25) is 0 Å². The van der Waals surface area contributed by atoms with Gasteiger partial charge in [0.15, 0.2) is 0 Å². The van der Waals surface area contributed by atoms with Crippen molar-refractivity contribution in [1.82, 2.24) is 4.90 Å². The molecule has 1 atom stereocenters. The summed E-state index contributed by atoms with van der Waals surface area (Å²) in [6.45, 7) is 4.97. The first kappa shape index (κ1) is 13.8. The summed E-state index contributed by atoms with van der Waals surface area (Å²) in [5, 5.41) is 20.7. The van der Waals surface area contributed by atoms with Crippen molar-refractivity contribution in [2.24, 2.45) is 0 Å². The smallest absolute Gasteiger partial charge is 0.292 e. The number of nitrogens with zero attached hydrogens (tertiary/aromatic N) is 3. The Morgan fingerprint density at radius 3 is 2.47 bits per heavy atom. The molecule has 0 bridgehead atoms. The van der Waals surface area contributed by atoms with Gasteiger partial charge < -0.3 is 14.9 Å². The average Bonchev–Trinajstić information content (AvgIpc) is 2.38. The van der Waals surface area contributed by atoms with Crippen molar-refractivity contribution in [3.63, 3.8) is 0 Å². The van der Waals surface area contributed by atoms with Gasteiger partial charge in [-0.05, 0) is 25.6 Å². The maximum atomic E-state index is 11.2. The number of likely N-dealkylation sites (N-methyl/N-ethyl adjacent to an activating group) is 1. The lowest BCUT2D eigenvalue weighted by Crippen LogP contribution is -2.44. The molecule has 6 nitrogen and oxygen atoms in total. The highest BCUT2D eigenvalue weighted by Gasteiger charge is 2.23. The molecule has 6 heteroatoms. The maximum Gasteiger partial charge on any atom is 0.292 e. The van der Waals surface area contributed by atoms with Crippen molar-refractivity contribution < 1.29 is 10.0 Å². The maximum absolute atomic E-state index is 11.2. The van der Waals surface area contributed by atoms with E-state index in [-0.39, 0.29) is 10.6 Å². The van der Waals surface area contributed by atoms with Crippen molar-refractivity contribution in [2.45, 2.75) is 13.0 Å². The topological polar surface area (TPSA) is 69.8 Å². The van der Waals surface area contributed by atoms with Gasteiger partial charge >= 0.3 is 0 Å². The summed E-state index contributed by atoms with van der Waals surface area (Å²) >= 11 is 0. The summed E-state index contributed by atoms with van der Waals surface area (Å²) in [6, 6.07) is 4.97. The lowest BCUT2D eigenvalue weighted by molar-refractivity contribution is -0.384. The summed E-state index contributed by atoms with van der Waals surface area (Å²) in [5.41, 5.74) is 1.29. The SMILES string of the molecule is C[C@H](O)c1ccc(N2CCN(C)CC2)c([N+](=O)[O-])c1. The third-order valence-electron chi connectivity index (χ3n) is 3.52. The number of anilines is 1. The molecular weight excluding hydrogens is 246 g/mol. The standard InChI is InChI=1S/C13H19N3O3/c1-10(17)11-3-4-12(13(9-11)16(18)19)15-7-5-14(2)6-8-15/h3-4,9-10,17H,5-8H2,1-2H3/t10-/m0/s1. The normalized spacial score (nSPS) is 18.4. The minimum absolute atomic E-state index is 0.0722. The predicted octanol–water partition coefficient (Wildman–Crippen LogP) is 1.40. The summed E-state index contributed by atoms with van der Waals surface area (Å²) in [5.74, 6) is 0. The second kappa shape index (κ2) is 5.54. The zero-order chi connectivity index (χ0) is 14.0. The predicted molar refractivity (Wildman–Crippen MR) is 73.4 cm³/mol. The van der Waals surface area contributed by atoms with Crippen molar-refractivity contribution in [2.75, 3.05) is 38.1 Å². The van der Waals surface area contributed by atoms with Crippen molar-refractivity contribution >= 4 is 11.4 Å². The van der Waals surface area contributed by atoms with Crippen molar-refractivity contribution in [3.05, 3.63) is 33.9 Å². The molecule has 0 aliphatic carbocycles. The number of rotatable bonds is 3. The monoisotopic (exact) mass is 265 g/mol. The minimum atomic E-state index is -0.694. The Kier molecular flexibility index (Phi) is 4.01. The van der Waals surface area contributed by atoms with E-state index in [4.69, 9.17) is 0 Å². The van der Waals surface area contributed by atoms with Crippen LogP contribution in [-0.2, 0) is 0 Å². The molecule has 1 saturated heterocycles. The van der Waals surface area contributed by atoms with Gasteiger partial charge in [0.2, 0.25) is 0 Å². The number of piperazine rings is 1. The summed E-state index contributed by atoms with van der Waals surface area (Å²) in [6.07, 6.45) is -0.694. The highest BCUT2D eigenvalue weighted by molar-refractivity contribution is 5.64. The van der Waals surface area contributed by atoms with Gasteiger partial charge in [-0.3, -0.25) is 10.1 Å². The van der Waals surface area contributed by atoms with Gasteiger partial charge in [-0.15, -0.1) is 0 Å². The highest BCUT2D eigenvalue weighted by Crippen LogP contribution is 2.31. The van der Waals surface area contributed by atoms with Gasteiger partial charge in [0.1, 0.15) is 5.69 Å². The largest absolute Gasteiger partial charge is 0.389 e. The van der Waals surface area contributed by atoms with Gasteiger partial charge in [0, 0.05) is 32.2 Å². The zero-order valence-corrected chi connectivity index (χ0v) is 11.2. The number of hydrogen-bond donors (Lipinski definition) is 1. The second-order valence-corrected chi connectivity index (χ2v) is 4.97. The number of nitro benzene ring substituents is 1. The van der Waals surface area contributed by atoms with E-state index >= 15 is 0 Å². The van der Waals surface area contributed by atoms with Crippen molar-refractivity contribution in [1.29, 1.82) is 0 Å². The van der Waals surface area contributed by atoms with Crippen LogP contribution in [0.5, 0.6) is 0 Å². The van der Waals surface area contributed by atoms with Crippen molar-refractivity contribution in [3.8, 4) is 0 Å². The van der Waals surface area contributed by atoms with E-state index in [1.807, 2.05) is 11.9 Å². The van der Waals surface area contributed by atoms with E-state index in [1.54, 1.807) is 19.1 Å². The van der Waals surface area contributed by atoms with Crippen LogP contribution in [0.3, 0.4) is 0 Å². The Morgan fingerprint density at radius 2 is 1.95 bits per heavy atom. The molecule has 104 valence electrons. The Bertz CT molecular complexity index is 468. The summed E-state index contributed by atoms with van der Waals surface area (Å²) in [7, 11) is 2.04. The van der Waals surface area contributed by atoms with Gasteiger partial charge in [0.25, 0.3) is 5.69 Å². The van der Waals surface area contributed by atoms with Crippen LogP contribution in [0.15, 0.2) is 18.2 Å². The first-order valence-electron chi connectivity index (χ1n) is 6.39. The molecule has 0 aromatic heterocycles. The summed E-state index contributed by atoms with van der Waals surface area (Å²) < 4.78 is 0. The van der Waals surface area contributed by atoms with E-state index in [2.05, 4.69) is 4.90 Å². The van der Waals surface area contributed by atoms with Crippen LogP contribution >= 0.6 is 0 Å². The van der Waals surface area contributed by atoms with Gasteiger partial charge in [-0.2, -0.15) is 0 Å². The fourth-order valence-electron chi connectivity index (χ4n) is 2.26. The van der Waals surface area contributed by atoms with Crippen LogP contribution < -0.4 is 4.90 Å². The Balaban J connectivity index is 2.31. The van der Waals surface area contributed by atoms with E-state index in [9.17, 15) is 15.2 Å². The third kappa shape index (κ3) is 3.02. The van der Waals surface area contributed by atoms with E-state index < -0.39 is 6.10 Å². The number of aliphatic hydroxyl groups is 1. The first-order chi connectivity index (χ1) is 8.99. The number of hydrogen-bond acceptors (Lipinski definition) is 5. The summed E-state index contributed by atoms with van der Waals surface area (Å²) in [4.78, 5) is 15.0. The molecule has 0 spiro atoms. The van der Waals surface area contributed by atoms with E-state index in [0.29, 0.717) is 11.3 Å². The zero-order valence-electron chi connectivity index (χ0n) is 11.2. The lowest BCUT2D eigenvalue weighted by Gasteiger charge is -2.33. The molecule has 0 unspecified atom stereocenters. The molecule has 1 aliphatic heterocycles.